The van der Waals surface area contributed by atoms with Gasteiger partial charge in [-0.2, -0.15) is 11.8 Å². The van der Waals surface area contributed by atoms with Crippen molar-refractivity contribution >= 4 is 39.6 Å². The van der Waals surface area contributed by atoms with Gasteiger partial charge in [-0.1, -0.05) is 58.4 Å². The lowest BCUT2D eigenvalue weighted by atomic mass is 9.95. The van der Waals surface area contributed by atoms with Crippen LogP contribution in [0.25, 0.3) is 11.1 Å². The number of methoxy groups -OCH3 is 1. The Bertz CT molecular complexity index is 797. The molecule has 2 rings (SSSR count). The third-order valence-corrected chi connectivity index (χ3v) is 5.61. The number of aryl methyl sites for hydroxylation is 1. The van der Waals surface area contributed by atoms with Gasteiger partial charge in [0.25, 0.3) is 5.91 Å². The minimum absolute atomic E-state index is 0.192. The Balaban J connectivity index is 2.46. The molecule has 0 heterocycles. The maximum absolute atomic E-state index is 13.4. The molecule has 0 aliphatic rings. The van der Waals surface area contributed by atoms with Gasteiger partial charge in [0.05, 0.1) is 12.6 Å². The molecule has 0 aliphatic heterocycles. The molecule has 0 spiro atoms. The number of esters is 1. The van der Waals surface area contributed by atoms with Crippen molar-refractivity contribution in [2.24, 2.45) is 0 Å². The summed E-state index contributed by atoms with van der Waals surface area (Å²) in [5, 5.41) is 0. The summed E-state index contributed by atoms with van der Waals surface area (Å²) >= 11 is 5.02. The van der Waals surface area contributed by atoms with Crippen LogP contribution in [0.15, 0.2) is 48.5 Å². The van der Waals surface area contributed by atoms with Gasteiger partial charge >= 0.3 is 5.97 Å². The molecule has 144 valence electrons. The van der Waals surface area contributed by atoms with E-state index in [0.717, 1.165) is 22.4 Å². The van der Waals surface area contributed by atoms with Gasteiger partial charge in [0.2, 0.25) is 0 Å². The number of hydrogen-bond donors (Lipinski definition) is 0. The lowest BCUT2D eigenvalue weighted by molar-refractivity contribution is -0.145. The van der Waals surface area contributed by atoms with Crippen molar-refractivity contribution in [2.45, 2.75) is 19.4 Å². The molecule has 1 amide bonds. The van der Waals surface area contributed by atoms with Crippen molar-refractivity contribution in [3.63, 3.8) is 0 Å². The molecule has 0 bridgehead atoms. The molecule has 0 unspecified atom stereocenters. The molecule has 0 aromatic heterocycles. The van der Waals surface area contributed by atoms with Gasteiger partial charge < -0.3 is 9.64 Å². The molecule has 2 aromatic carbocycles. The van der Waals surface area contributed by atoms with E-state index in [1.165, 1.54) is 7.11 Å². The SMILES string of the molecule is COC(=O)[C@H](CCSC)N(CBr)C(=O)c1ccccc1-c1ccccc1C. The number of ether oxygens (including phenoxy) is 1. The Labute approximate surface area is 173 Å². The van der Waals surface area contributed by atoms with Crippen molar-refractivity contribution in [2.75, 3.05) is 24.6 Å². The fourth-order valence-corrected chi connectivity index (χ4v) is 4.02. The van der Waals surface area contributed by atoms with E-state index in [9.17, 15) is 9.59 Å². The standard InChI is InChI=1S/C21H24BrNO3S/c1-15-8-4-5-9-16(15)17-10-6-7-11-18(17)20(24)23(14-22)19(12-13-27-3)21(25)26-2/h4-11,19H,12-14H2,1-3H3/t19-/m0/s1. The van der Waals surface area contributed by atoms with Gasteiger partial charge in [-0.05, 0) is 48.1 Å². The number of alkyl halides is 1. The molecule has 0 fully saturated rings. The predicted octanol–water partition coefficient (Wildman–Crippen LogP) is 4.75. The van der Waals surface area contributed by atoms with E-state index in [1.807, 2.05) is 61.7 Å². The Hall–Kier alpha value is -1.79. The van der Waals surface area contributed by atoms with Crippen LogP contribution in [0.4, 0.5) is 0 Å². The molecule has 0 N–H and O–H groups in total. The maximum atomic E-state index is 13.4. The van der Waals surface area contributed by atoms with Crippen molar-refractivity contribution in [1.82, 2.24) is 4.90 Å². The second kappa shape index (κ2) is 10.5. The number of halogens is 1. The first-order valence-corrected chi connectivity index (χ1v) is 11.1. The van der Waals surface area contributed by atoms with Gasteiger partial charge in [0.15, 0.2) is 0 Å². The first-order valence-electron chi connectivity index (χ1n) is 8.63. The van der Waals surface area contributed by atoms with Gasteiger partial charge in [-0.15, -0.1) is 0 Å². The van der Waals surface area contributed by atoms with Crippen LogP contribution in [-0.4, -0.2) is 47.4 Å². The summed E-state index contributed by atoms with van der Waals surface area (Å²) in [5.41, 5.74) is 3.79. The smallest absolute Gasteiger partial charge is 0.328 e. The average Bonchev–Trinajstić information content (AvgIpc) is 2.70. The predicted molar refractivity (Wildman–Crippen MR) is 115 cm³/mol. The van der Waals surface area contributed by atoms with Crippen LogP contribution < -0.4 is 0 Å². The number of carbonyl (C=O) groups is 2. The summed E-state index contributed by atoms with van der Waals surface area (Å²) in [6, 6.07) is 14.9. The zero-order chi connectivity index (χ0) is 19.8. The summed E-state index contributed by atoms with van der Waals surface area (Å²) in [7, 11) is 1.35. The number of amides is 1. The van der Waals surface area contributed by atoms with E-state index >= 15 is 0 Å². The summed E-state index contributed by atoms with van der Waals surface area (Å²) in [4.78, 5) is 27.2. The van der Waals surface area contributed by atoms with Gasteiger partial charge in [0, 0.05) is 5.56 Å². The minimum Gasteiger partial charge on any atom is -0.467 e. The largest absolute Gasteiger partial charge is 0.467 e. The van der Waals surface area contributed by atoms with Crippen molar-refractivity contribution in [3.05, 3.63) is 59.7 Å². The fraction of sp³-hybridized carbons (Fsp3) is 0.333. The molecule has 0 aliphatic carbocycles. The molecule has 0 saturated heterocycles. The normalized spacial score (nSPS) is 11.7. The van der Waals surface area contributed by atoms with Crippen molar-refractivity contribution in [3.8, 4) is 11.1 Å². The van der Waals surface area contributed by atoms with Crippen LogP contribution in [0.1, 0.15) is 22.3 Å². The van der Waals surface area contributed by atoms with E-state index in [-0.39, 0.29) is 11.4 Å². The van der Waals surface area contributed by atoms with E-state index in [2.05, 4.69) is 15.9 Å². The first-order chi connectivity index (χ1) is 13.0. The first kappa shape index (κ1) is 21.5. The topological polar surface area (TPSA) is 46.6 Å². The molecule has 2 aromatic rings. The Morgan fingerprint density at radius 3 is 2.33 bits per heavy atom. The second-order valence-corrected chi connectivity index (χ2v) is 7.56. The number of benzene rings is 2. The minimum atomic E-state index is -0.626. The maximum Gasteiger partial charge on any atom is 0.328 e. The van der Waals surface area contributed by atoms with Crippen LogP contribution in [0.5, 0.6) is 0 Å². The monoisotopic (exact) mass is 449 g/mol. The second-order valence-electron chi connectivity index (χ2n) is 6.08. The van der Waals surface area contributed by atoms with Crippen molar-refractivity contribution < 1.29 is 14.3 Å². The molecule has 6 heteroatoms. The molecular formula is C21H24BrNO3S. The third-order valence-electron chi connectivity index (χ3n) is 4.43. The highest BCUT2D eigenvalue weighted by molar-refractivity contribution is 9.09. The van der Waals surface area contributed by atoms with Gasteiger partial charge in [-0.25, -0.2) is 4.79 Å². The molecule has 4 nitrogen and oxygen atoms in total. The Kier molecular flexibility index (Phi) is 8.38. The molecule has 0 saturated carbocycles. The van der Waals surface area contributed by atoms with E-state index in [1.54, 1.807) is 16.7 Å². The number of rotatable bonds is 8. The number of nitrogens with zero attached hydrogens (tertiary/aromatic N) is 1. The number of hydrogen-bond acceptors (Lipinski definition) is 4. The molecular weight excluding hydrogens is 426 g/mol. The molecule has 1 atom stereocenters. The highest BCUT2D eigenvalue weighted by atomic mass is 79.9. The number of carbonyl (C=O) groups excluding carboxylic acids is 2. The highest BCUT2D eigenvalue weighted by Crippen LogP contribution is 2.28. The van der Waals surface area contributed by atoms with E-state index in [0.29, 0.717) is 12.0 Å². The summed E-state index contributed by atoms with van der Waals surface area (Å²) in [6.45, 7) is 2.02. The van der Waals surface area contributed by atoms with Crippen molar-refractivity contribution in [1.29, 1.82) is 0 Å². The average molecular weight is 450 g/mol. The van der Waals surface area contributed by atoms with Crippen LogP contribution in [0.3, 0.4) is 0 Å². The molecule has 0 radical (unpaired) electrons. The number of thioether (sulfide) groups is 1. The third kappa shape index (κ3) is 5.14. The summed E-state index contributed by atoms with van der Waals surface area (Å²) < 4.78 is 4.95. The van der Waals surface area contributed by atoms with Crippen LogP contribution in [0.2, 0.25) is 0 Å². The lowest BCUT2D eigenvalue weighted by Gasteiger charge is -2.29. The van der Waals surface area contributed by atoms with E-state index < -0.39 is 12.0 Å². The van der Waals surface area contributed by atoms with Crippen LogP contribution in [0, 0.1) is 6.92 Å². The Morgan fingerprint density at radius 1 is 1.11 bits per heavy atom. The highest BCUT2D eigenvalue weighted by Gasteiger charge is 2.31. The summed E-state index contributed by atoms with van der Waals surface area (Å²) in [5.74, 6) is 0.170. The van der Waals surface area contributed by atoms with Crippen LogP contribution in [-0.2, 0) is 9.53 Å². The van der Waals surface area contributed by atoms with E-state index in [4.69, 9.17) is 4.74 Å². The summed E-state index contributed by atoms with van der Waals surface area (Å²) in [6.07, 6.45) is 2.51. The fourth-order valence-electron chi connectivity index (χ4n) is 2.98. The van der Waals surface area contributed by atoms with Gasteiger partial charge in [-0.3, -0.25) is 4.79 Å². The zero-order valence-electron chi connectivity index (χ0n) is 15.8. The molecule has 27 heavy (non-hydrogen) atoms. The van der Waals surface area contributed by atoms with Crippen LogP contribution >= 0.6 is 27.7 Å². The quantitative estimate of drug-likeness (QED) is 0.331. The zero-order valence-corrected chi connectivity index (χ0v) is 18.2. The van der Waals surface area contributed by atoms with Gasteiger partial charge in [0.1, 0.15) is 6.04 Å². The Morgan fingerprint density at radius 2 is 1.74 bits per heavy atom. The lowest BCUT2D eigenvalue weighted by Crippen LogP contribution is -2.45.